The van der Waals surface area contributed by atoms with Crippen LogP contribution in [-0.2, 0) is 6.61 Å². The highest BCUT2D eigenvalue weighted by molar-refractivity contribution is 9.10. The lowest BCUT2D eigenvalue weighted by Gasteiger charge is -2.14. The quantitative estimate of drug-likeness (QED) is 0.677. The number of methoxy groups -OCH3 is 1. The zero-order chi connectivity index (χ0) is 16.2. The molecule has 0 spiro atoms. The molecule has 0 fully saturated rings. The first kappa shape index (κ1) is 16.7. The van der Waals surface area contributed by atoms with Gasteiger partial charge in [-0.2, -0.15) is 0 Å². The van der Waals surface area contributed by atoms with E-state index in [2.05, 4.69) is 20.9 Å². The van der Waals surface area contributed by atoms with Crippen LogP contribution >= 0.6 is 39.3 Å². The van der Waals surface area contributed by atoms with E-state index >= 15 is 0 Å². The van der Waals surface area contributed by atoms with Crippen molar-refractivity contribution in [3.8, 4) is 11.5 Å². The molecule has 0 N–H and O–H groups in total. The van der Waals surface area contributed by atoms with Crippen molar-refractivity contribution in [2.45, 2.75) is 6.61 Å². The Morgan fingerprint density at radius 1 is 1.30 bits per heavy atom. The molecule has 3 nitrogen and oxygen atoms in total. The van der Waals surface area contributed by atoms with Gasteiger partial charge in [0, 0.05) is 22.9 Å². The Morgan fingerprint density at radius 2 is 2.17 bits per heavy atom. The molecule has 0 unspecified atom stereocenters. The van der Waals surface area contributed by atoms with E-state index in [9.17, 15) is 0 Å². The largest absolute Gasteiger partial charge is 0.493 e. The maximum absolute atomic E-state index is 6.00. The highest BCUT2D eigenvalue weighted by atomic mass is 79.9. The summed E-state index contributed by atoms with van der Waals surface area (Å²) in [7, 11) is 1.64. The van der Waals surface area contributed by atoms with Crippen LogP contribution in [0.5, 0.6) is 11.5 Å². The number of nitrogens with zero attached hydrogens (tertiary/aromatic N) is 1. The number of rotatable bonds is 5. The summed E-state index contributed by atoms with van der Waals surface area (Å²) >= 11 is 11.3. The van der Waals surface area contributed by atoms with E-state index < -0.39 is 0 Å². The summed E-state index contributed by atoms with van der Waals surface area (Å²) in [5, 5.41) is 1.74. The lowest BCUT2D eigenvalue weighted by atomic mass is 10.2. The number of ether oxygens (including phenoxy) is 2. The third-order valence-electron chi connectivity index (χ3n) is 3.33. The molecule has 1 heterocycles. The van der Waals surface area contributed by atoms with Crippen molar-refractivity contribution in [1.82, 2.24) is 0 Å². The molecule has 0 aromatic heterocycles. The molecule has 6 heteroatoms. The van der Waals surface area contributed by atoms with Crippen molar-refractivity contribution in [2.24, 2.45) is 4.99 Å². The first-order valence-corrected chi connectivity index (χ1v) is 9.25. The molecule has 0 radical (unpaired) electrons. The molecule has 3 rings (SSSR count). The van der Waals surface area contributed by atoms with Gasteiger partial charge in [0.2, 0.25) is 0 Å². The number of aliphatic imine (C=N–C) groups is 1. The van der Waals surface area contributed by atoms with Crippen molar-refractivity contribution in [3.05, 3.63) is 57.0 Å². The van der Waals surface area contributed by atoms with Crippen molar-refractivity contribution in [3.63, 3.8) is 0 Å². The van der Waals surface area contributed by atoms with E-state index in [1.807, 2.05) is 36.4 Å². The molecule has 0 amide bonds. The topological polar surface area (TPSA) is 30.8 Å². The normalized spacial score (nSPS) is 13.8. The van der Waals surface area contributed by atoms with E-state index in [4.69, 9.17) is 21.1 Å². The Balaban J connectivity index is 1.83. The van der Waals surface area contributed by atoms with Crippen LogP contribution in [0.3, 0.4) is 0 Å². The van der Waals surface area contributed by atoms with Crippen LogP contribution in [0.25, 0.3) is 0 Å². The van der Waals surface area contributed by atoms with E-state index in [1.54, 1.807) is 18.9 Å². The van der Waals surface area contributed by atoms with Gasteiger partial charge in [0.15, 0.2) is 11.5 Å². The molecule has 0 atom stereocenters. The van der Waals surface area contributed by atoms with Crippen LogP contribution in [-0.4, -0.2) is 24.5 Å². The van der Waals surface area contributed by atoms with Crippen LogP contribution in [0.1, 0.15) is 11.1 Å². The fourth-order valence-electron chi connectivity index (χ4n) is 2.28. The second kappa shape index (κ2) is 7.60. The van der Waals surface area contributed by atoms with Crippen molar-refractivity contribution in [2.75, 3.05) is 19.4 Å². The number of benzene rings is 2. The third-order valence-corrected chi connectivity index (χ3v) is 5.18. The Kier molecular flexibility index (Phi) is 5.51. The number of halogens is 2. The van der Waals surface area contributed by atoms with Crippen molar-refractivity contribution in [1.29, 1.82) is 0 Å². The zero-order valence-corrected chi connectivity index (χ0v) is 15.7. The summed E-state index contributed by atoms with van der Waals surface area (Å²) in [6.45, 7) is 1.29. The maximum atomic E-state index is 6.00. The lowest BCUT2D eigenvalue weighted by molar-refractivity contribution is 0.282. The van der Waals surface area contributed by atoms with Crippen molar-refractivity contribution >= 4 is 44.3 Å². The molecule has 0 saturated carbocycles. The minimum absolute atomic E-state index is 0.421. The van der Waals surface area contributed by atoms with Gasteiger partial charge >= 0.3 is 0 Å². The molecule has 0 bridgehead atoms. The molecular weight excluding hydrogens is 398 g/mol. The van der Waals surface area contributed by atoms with Crippen LogP contribution < -0.4 is 9.47 Å². The Labute approximate surface area is 153 Å². The van der Waals surface area contributed by atoms with E-state index in [0.29, 0.717) is 23.1 Å². The average Bonchev–Trinajstić information content (AvgIpc) is 3.07. The summed E-state index contributed by atoms with van der Waals surface area (Å²) in [6.07, 6.45) is 0. The molecule has 1 aliphatic rings. The Morgan fingerprint density at radius 3 is 2.87 bits per heavy atom. The van der Waals surface area contributed by atoms with Crippen LogP contribution in [0.2, 0.25) is 5.02 Å². The van der Waals surface area contributed by atoms with Crippen molar-refractivity contribution < 1.29 is 9.47 Å². The molecule has 0 aliphatic carbocycles. The van der Waals surface area contributed by atoms with Gasteiger partial charge in [-0.3, -0.25) is 4.99 Å². The molecule has 1 aliphatic heterocycles. The highest BCUT2D eigenvalue weighted by Gasteiger charge is 2.17. The van der Waals surface area contributed by atoms with Gasteiger partial charge in [-0.25, -0.2) is 0 Å². The van der Waals surface area contributed by atoms with Gasteiger partial charge in [-0.15, -0.1) is 11.8 Å². The van der Waals surface area contributed by atoms with Gasteiger partial charge < -0.3 is 9.47 Å². The monoisotopic (exact) mass is 411 g/mol. The summed E-state index contributed by atoms with van der Waals surface area (Å²) < 4.78 is 12.3. The van der Waals surface area contributed by atoms with Crippen LogP contribution in [0, 0.1) is 0 Å². The Hall–Kier alpha value is -1.17. The van der Waals surface area contributed by atoms with Gasteiger partial charge in [0.05, 0.1) is 16.6 Å². The van der Waals surface area contributed by atoms with Gasteiger partial charge in [0.1, 0.15) is 6.61 Å². The van der Waals surface area contributed by atoms with E-state index in [-0.39, 0.29) is 0 Å². The molecule has 2 aromatic rings. The fraction of sp³-hybridized carbons (Fsp3) is 0.235. The van der Waals surface area contributed by atoms with Gasteiger partial charge in [-0.1, -0.05) is 23.7 Å². The number of hydrogen-bond acceptors (Lipinski definition) is 4. The number of thioether (sulfide) groups is 1. The van der Waals surface area contributed by atoms with Gasteiger partial charge in [-0.05, 0) is 45.8 Å². The van der Waals surface area contributed by atoms with Crippen LogP contribution in [0.4, 0.5) is 0 Å². The first-order valence-electron chi connectivity index (χ1n) is 7.10. The first-order chi connectivity index (χ1) is 11.2. The molecular formula is C17H15BrClNO2S. The zero-order valence-electron chi connectivity index (χ0n) is 12.5. The fourth-order valence-corrected chi connectivity index (χ4v) is 3.89. The second-order valence-electron chi connectivity index (χ2n) is 4.94. The third kappa shape index (κ3) is 4.03. The minimum atomic E-state index is 0.421. The second-order valence-corrected chi connectivity index (χ2v) is 7.32. The summed E-state index contributed by atoms with van der Waals surface area (Å²) in [5.74, 6) is 2.40. The number of hydrogen-bond donors (Lipinski definition) is 0. The average molecular weight is 413 g/mol. The van der Waals surface area contributed by atoms with Crippen LogP contribution in [0.15, 0.2) is 45.9 Å². The Bertz CT molecular complexity index is 751. The summed E-state index contributed by atoms with van der Waals surface area (Å²) in [5.41, 5.74) is 2.05. The molecule has 0 saturated heterocycles. The summed E-state index contributed by atoms with van der Waals surface area (Å²) in [6, 6.07) is 11.6. The standard InChI is InChI=1S/C17H15BrClNO2S/c1-21-15-9-12(17-20-5-6-23-17)8-14(18)16(15)22-10-11-3-2-4-13(19)7-11/h2-4,7-9H,5-6,10H2,1H3. The summed E-state index contributed by atoms with van der Waals surface area (Å²) in [4.78, 5) is 4.50. The molecule has 23 heavy (non-hydrogen) atoms. The molecule has 2 aromatic carbocycles. The lowest BCUT2D eigenvalue weighted by Crippen LogP contribution is -2.01. The predicted molar refractivity (Wildman–Crippen MR) is 100 cm³/mol. The smallest absolute Gasteiger partial charge is 0.175 e. The SMILES string of the molecule is COc1cc(C2=NCCS2)cc(Br)c1OCc1cccc(Cl)c1. The predicted octanol–water partition coefficient (Wildman–Crippen LogP) is 5.18. The van der Waals surface area contributed by atoms with E-state index in [1.165, 1.54) is 0 Å². The minimum Gasteiger partial charge on any atom is -0.493 e. The van der Waals surface area contributed by atoms with E-state index in [0.717, 1.165) is 32.9 Å². The van der Waals surface area contributed by atoms with Gasteiger partial charge in [0.25, 0.3) is 0 Å². The highest BCUT2D eigenvalue weighted by Crippen LogP contribution is 2.38. The molecule has 120 valence electrons. The maximum Gasteiger partial charge on any atom is 0.175 e.